The van der Waals surface area contributed by atoms with Crippen molar-refractivity contribution in [1.29, 1.82) is 5.26 Å². The second-order valence-electron chi connectivity index (χ2n) is 5.28. The van der Waals surface area contributed by atoms with Crippen LogP contribution in [0, 0.1) is 11.3 Å². The molecule has 1 aromatic heterocycles. The van der Waals surface area contributed by atoms with Gasteiger partial charge in [-0.05, 0) is 12.5 Å². The van der Waals surface area contributed by atoms with Crippen molar-refractivity contribution >= 4 is 22.6 Å². The van der Waals surface area contributed by atoms with Gasteiger partial charge in [-0.3, -0.25) is 9.78 Å². The Labute approximate surface area is 121 Å². The third-order valence-corrected chi connectivity index (χ3v) is 3.91. The molecule has 6 heteroatoms. The Morgan fingerprint density at radius 1 is 1.48 bits per heavy atom. The molecule has 3 rings (SSSR count). The van der Waals surface area contributed by atoms with E-state index < -0.39 is 11.5 Å². The lowest BCUT2D eigenvalue weighted by Gasteiger charge is -2.23. The maximum absolute atomic E-state index is 11.3. The predicted octanol–water partition coefficient (Wildman–Crippen LogP) is 1.10. The van der Waals surface area contributed by atoms with E-state index in [0.717, 1.165) is 16.6 Å². The highest BCUT2D eigenvalue weighted by molar-refractivity contribution is 5.95. The number of hydrogen-bond acceptors (Lipinski definition) is 5. The number of benzene rings is 1. The molecule has 6 nitrogen and oxygen atoms in total. The van der Waals surface area contributed by atoms with Crippen LogP contribution in [0.5, 0.6) is 0 Å². The summed E-state index contributed by atoms with van der Waals surface area (Å²) in [5.74, 6) is -1.01. The number of anilines is 1. The van der Waals surface area contributed by atoms with Gasteiger partial charge >= 0.3 is 5.97 Å². The quantitative estimate of drug-likeness (QED) is 0.854. The molecule has 1 atom stereocenters. The van der Waals surface area contributed by atoms with Crippen LogP contribution in [0.15, 0.2) is 30.5 Å². The van der Waals surface area contributed by atoms with E-state index in [1.807, 2.05) is 29.2 Å². The molecule has 2 heterocycles. The second kappa shape index (κ2) is 4.72. The molecular formula is C15H14N4O2. The summed E-state index contributed by atoms with van der Waals surface area (Å²) in [6.45, 7) is 0.691. The summed E-state index contributed by atoms with van der Waals surface area (Å²) in [4.78, 5) is 17.4. The molecule has 0 amide bonds. The van der Waals surface area contributed by atoms with Crippen molar-refractivity contribution in [2.24, 2.45) is 5.73 Å². The topological polar surface area (TPSA) is 103 Å². The highest BCUT2D eigenvalue weighted by atomic mass is 16.4. The van der Waals surface area contributed by atoms with Crippen molar-refractivity contribution in [2.45, 2.75) is 12.0 Å². The van der Waals surface area contributed by atoms with E-state index in [1.165, 1.54) is 6.20 Å². The third-order valence-electron chi connectivity index (χ3n) is 3.91. The summed E-state index contributed by atoms with van der Waals surface area (Å²) in [7, 11) is 0. The van der Waals surface area contributed by atoms with E-state index >= 15 is 0 Å². The van der Waals surface area contributed by atoms with Crippen LogP contribution in [0.3, 0.4) is 0 Å². The zero-order valence-corrected chi connectivity index (χ0v) is 11.3. The zero-order chi connectivity index (χ0) is 15.0. The average molecular weight is 282 g/mol. The van der Waals surface area contributed by atoms with Crippen molar-refractivity contribution in [2.75, 3.05) is 18.0 Å². The predicted molar refractivity (Wildman–Crippen MR) is 77.8 cm³/mol. The minimum Gasteiger partial charge on any atom is -0.480 e. The Morgan fingerprint density at radius 3 is 2.90 bits per heavy atom. The van der Waals surface area contributed by atoms with Gasteiger partial charge in [0.2, 0.25) is 0 Å². The molecule has 1 fully saturated rings. The van der Waals surface area contributed by atoms with Gasteiger partial charge in [-0.15, -0.1) is 0 Å². The second-order valence-corrected chi connectivity index (χ2v) is 5.28. The molecule has 106 valence electrons. The molecule has 2 aromatic rings. The number of carboxylic acids is 1. The molecule has 0 saturated carbocycles. The number of fused-ring (bicyclic) bond motifs is 1. The molecule has 3 N–H and O–H groups in total. The van der Waals surface area contributed by atoms with Crippen molar-refractivity contribution in [3.63, 3.8) is 0 Å². The van der Waals surface area contributed by atoms with E-state index in [4.69, 9.17) is 5.73 Å². The van der Waals surface area contributed by atoms with Crippen LogP contribution < -0.4 is 10.6 Å². The third kappa shape index (κ3) is 2.08. The van der Waals surface area contributed by atoms with E-state index in [2.05, 4.69) is 11.1 Å². The first-order valence-electron chi connectivity index (χ1n) is 6.60. The van der Waals surface area contributed by atoms with Gasteiger partial charge in [0.05, 0.1) is 16.8 Å². The van der Waals surface area contributed by atoms with E-state index in [0.29, 0.717) is 18.5 Å². The number of nitriles is 1. The number of carbonyl (C=O) groups is 1. The SMILES string of the molecule is N#Cc1cnc2ccccc2c1N1CCC(N)(C(=O)O)C1. The van der Waals surface area contributed by atoms with Gasteiger partial charge in [0.15, 0.2) is 0 Å². The molecular weight excluding hydrogens is 268 g/mol. The van der Waals surface area contributed by atoms with Gasteiger partial charge in [0, 0.05) is 24.7 Å². The normalized spacial score (nSPS) is 21.4. The highest BCUT2D eigenvalue weighted by Gasteiger charge is 2.42. The molecule has 0 spiro atoms. The number of nitrogens with zero attached hydrogens (tertiary/aromatic N) is 3. The first-order chi connectivity index (χ1) is 10.0. The summed E-state index contributed by atoms with van der Waals surface area (Å²) >= 11 is 0. The van der Waals surface area contributed by atoms with Crippen molar-refractivity contribution < 1.29 is 9.90 Å². The number of pyridine rings is 1. The smallest absolute Gasteiger partial charge is 0.325 e. The van der Waals surface area contributed by atoms with Crippen LogP contribution in [-0.4, -0.2) is 34.7 Å². The number of aromatic nitrogens is 1. The molecule has 21 heavy (non-hydrogen) atoms. The molecule has 1 saturated heterocycles. The standard InChI is InChI=1S/C15H14N4O2/c16-7-10-8-18-12-4-2-1-3-11(12)13(10)19-6-5-15(17,9-19)14(20)21/h1-4,8H,5-6,9,17H2,(H,20,21). The van der Waals surface area contributed by atoms with E-state index in [-0.39, 0.29) is 6.54 Å². The number of hydrogen-bond donors (Lipinski definition) is 2. The summed E-state index contributed by atoms with van der Waals surface area (Å²) in [6, 6.07) is 9.62. The van der Waals surface area contributed by atoms with E-state index in [1.54, 1.807) is 0 Å². The van der Waals surface area contributed by atoms with Crippen LogP contribution in [-0.2, 0) is 4.79 Å². The van der Waals surface area contributed by atoms with Crippen molar-refractivity contribution in [1.82, 2.24) is 4.98 Å². The summed E-state index contributed by atoms with van der Waals surface area (Å²) in [5.41, 5.74) is 6.59. The van der Waals surface area contributed by atoms with Crippen LogP contribution in [0.1, 0.15) is 12.0 Å². The first-order valence-corrected chi connectivity index (χ1v) is 6.60. The summed E-state index contributed by atoms with van der Waals surface area (Å²) in [6.07, 6.45) is 1.87. The van der Waals surface area contributed by atoms with Gasteiger partial charge in [-0.1, -0.05) is 18.2 Å². The lowest BCUT2D eigenvalue weighted by atomic mass is 10.0. The maximum atomic E-state index is 11.3. The maximum Gasteiger partial charge on any atom is 0.325 e. The fraction of sp³-hybridized carbons (Fsp3) is 0.267. The molecule has 0 bridgehead atoms. The number of aliphatic carboxylic acids is 1. The van der Waals surface area contributed by atoms with Gasteiger partial charge in [0.1, 0.15) is 11.6 Å². The monoisotopic (exact) mass is 282 g/mol. The Bertz CT molecular complexity index is 768. The van der Waals surface area contributed by atoms with Gasteiger partial charge in [0.25, 0.3) is 0 Å². The van der Waals surface area contributed by atoms with Crippen LogP contribution in [0.4, 0.5) is 5.69 Å². The number of carboxylic acid groups (broad SMARTS) is 1. The minimum atomic E-state index is -1.27. The van der Waals surface area contributed by atoms with Gasteiger partial charge < -0.3 is 15.7 Å². The van der Waals surface area contributed by atoms with Gasteiger partial charge in [-0.25, -0.2) is 0 Å². The Kier molecular flexibility index (Phi) is 3.00. The van der Waals surface area contributed by atoms with Crippen LogP contribution >= 0.6 is 0 Å². The lowest BCUT2D eigenvalue weighted by molar-refractivity contribution is -0.142. The minimum absolute atomic E-state index is 0.186. The molecule has 0 aliphatic carbocycles. The molecule has 1 unspecified atom stereocenters. The zero-order valence-electron chi connectivity index (χ0n) is 11.3. The molecule has 1 aliphatic heterocycles. The van der Waals surface area contributed by atoms with Crippen molar-refractivity contribution in [3.05, 3.63) is 36.0 Å². The molecule has 1 aliphatic rings. The fourth-order valence-electron chi connectivity index (χ4n) is 2.75. The van der Waals surface area contributed by atoms with Crippen molar-refractivity contribution in [3.8, 4) is 6.07 Å². The number of para-hydroxylation sites is 1. The van der Waals surface area contributed by atoms with Crippen LogP contribution in [0.25, 0.3) is 10.9 Å². The summed E-state index contributed by atoms with van der Waals surface area (Å²) in [5, 5.41) is 19.4. The van der Waals surface area contributed by atoms with Gasteiger partial charge in [-0.2, -0.15) is 5.26 Å². The molecule has 0 radical (unpaired) electrons. The highest BCUT2D eigenvalue weighted by Crippen LogP contribution is 2.33. The Balaban J connectivity index is 2.13. The lowest BCUT2D eigenvalue weighted by Crippen LogP contribution is -2.50. The number of nitrogens with two attached hydrogens (primary N) is 1. The molecule has 1 aromatic carbocycles. The largest absolute Gasteiger partial charge is 0.480 e. The van der Waals surface area contributed by atoms with E-state index in [9.17, 15) is 15.2 Å². The summed E-state index contributed by atoms with van der Waals surface area (Å²) < 4.78 is 0. The average Bonchev–Trinajstić information content (AvgIpc) is 2.89. The Hall–Kier alpha value is -2.65. The number of rotatable bonds is 2. The van der Waals surface area contributed by atoms with Crippen LogP contribution in [0.2, 0.25) is 0 Å². The fourth-order valence-corrected chi connectivity index (χ4v) is 2.75. The Morgan fingerprint density at radius 2 is 2.24 bits per heavy atom. The first kappa shape index (κ1) is 13.3.